The van der Waals surface area contributed by atoms with Crippen molar-refractivity contribution in [1.29, 1.82) is 0 Å². The van der Waals surface area contributed by atoms with Gasteiger partial charge in [0.15, 0.2) is 0 Å². The minimum atomic E-state index is -0.812. The van der Waals surface area contributed by atoms with Gasteiger partial charge in [0, 0.05) is 45.2 Å². The molecule has 0 bridgehead atoms. The molecule has 19 heavy (non-hydrogen) atoms. The summed E-state index contributed by atoms with van der Waals surface area (Å²) in [5.74, 6) is -0.0556. The lowest BCUT2D eigenvalue weighted by molar-refractivity contribution is -0.0734. The van der Waals surface area contributed by atoms with E-state index >= 15 is 0 Å². The van der Waals surface area contributed by atoms with Gasteiger partial charge < -0.3 is 14.7 Å². The molecule has 0 unspecified atom stereocenters. The smallest absolute Gasteiger partial charge is 0.253 e. The fourth-order valence-corrected chi connectivity index (χ4v) is 2.34. The predicted octanol–water partition coefficient (Wildman–Crippen LogP) is 1.61. The van der Waals surface area contributed by atoms with E-state index in [0.29, 0.717) is 38.2 Å². The molecular weight excluding hydrogens is 242 g/mol. The van der Waals surface area contributed by atoms with Crippen LogP contribution in [0.1, 0.15) is 28.8 Å². The van der Waals surface area contributed by atoms with Gasteiger partial charge in [-0.15, -0.1) is 0 Å². The summed E-state index contributed by atoms with van der Waals surface area (Å²) in [5.41, 5.74) is 0.971. The molecule has 1 aromatic carbocycles. The van der Waals surface area contributed by atoms with Crippen molar-refractivity contribution in [2.24, 2.45) is 0 Å². The molecule has 1 aliphatic rings. The highest BCUT2D eigenvalue weighted by Crippen LogP contribution is 2.22. The maximum Gasteiger partial charge on any atom is 0.253 e. The van der Waals surface area contributed by atoms with E-state index in [1.807, 2.05) is 31.2 Å². The third kappa shape index (κ3) is 3.55. The number of hydrogen-bond donors (Lipinski definition) is 1. The van der Waals surface area contributed by atoms with Crippen molar-refractivity contribution in [2.75, 3.05) is 26.8 Å². The van der Waals surface area contributed by atoms with Crippen molar-refractivity contribution in [1.82, 2.24) is 4.90 Å². The molecule has 2 rings (SSSR count). The average molecular weight is 263 g/mol. The first kappa shape index (κ1) is 14.0. The summed E-state index contributed by atoms with van der Waals surface area (Å²) in [4.78, 5) is 13.8. The summed E-state index contributed by atoms with van der Waals surface area (Å²) >= 11 is 0. The van der Waals surface area contributed by atoms with Crippen LogP contribution in [0, 0.1) is 6.92 Å². The highest BCUT2D eigenvalue weighted by atomic mass is 16.5. The van der Waals surface area contributed by atoms with Crippen LogP contribution in [0.3, 0.4) is 0 Å². The lowest BCUT2D eigenvalue weighted by atomic mass is 9.93. The van der Waals surface area contributed by atoms with Crippen LogP contribution in [0.2, 0.25) is 0 Å². The van der Waals surface area contributed by atoms with Crippen molar-refractivity contribution >= 4 is 5.91 Å². The molecule has 0 atom stereocenters. The number of rotatable bonds is 3. The van der Waals surface area contributed by atoms with Crippen molar-refractivity contribution < 1.29 is 14.6 Å². The second-order valence-electron chi connectivity index (χ2n) is 5.36. The fraction of sp³-hybridized carbons (Fsp3) is 0.533. The number of carbonyl (C=O) groups is 1. The fourth-order valence-electron chi connectivity index (χ4n) is 2.34. The number of amides is 1. The average Bonchev–Trinajstić information content (AvgIpc) is 2.39. The third-order valence-electron chi connectivity index (χ3n) is 3.60. The molecule has 0 radical (unpaired) electrons. The SMILES string of the molecule is Cc1ccc(C(=O)N(C)CC2(O)CCOCC2)cc1. The van der Waals surface area contributed by atoms with Crippen molar-refractivity contribution in [3.63, 3.8) is 0 Å². The number of carbonyl (C=O) groups excluding carboxylic acids is 1. The third-order valence-corrected chi connectivity index (χ3v) is 3.60. The van der Waals surface area contributed by atoms with Crippen LogP contribution in [0.4, 0.5) is 0 Å². The van der Waals surface area contributed by atoms with E-state index < -0.39 is 5.60 Å². The summed E-state index contributed by atoms with van der Waals surface area (Å²) in [7, 11) is 1.73. The normalized spacial score (nSPS) is 18.1. The van der Waals surface area contributed by atoms with E-state index in [9.17, 15) is 9.90 Å². The van der Waals surface area contributed by atoms with E-state index in [0.717, 1.165) is 5.56 Å². The van der Waals surface area contributed by atoms with Crippen molar-refractivity contribution in [3.05, 3.63) is 35.4 Å². The van der Waals surface area contributed by atoms with Gasteiger partial charge in [0.25, 0.3) is 5.91 Å². The summed E-state index contributed by atoms with van der Waals surface area (Å²) in [6.45, 7) is 3.46. The lowest BCUT2D eigenvalue weighted by Crippen LogP contribution is -2.47. The zero-order valence-electron chi connectivity index (χ0n) is 11.6. The van der Waals surface area contributed by atoms with Crippen molar-refractivity contribution in [2.45, 2.75) is 25.4 Å². The molecule has 1 N–H and O–H groups in total. The Hall–Kier alpha value is -1.39. The van der Waals surface area contributed by atoms with Gasteiger partial charge in [-0.25, -0.2) is 0 Å². The van der Waals surface area contributed by atoms with Gasteiger partial charge in [0.05, 0.1) is 5.60 Å². The number of benzene rings is 1. The molecule has 0 aliphatic carbocycles. The monoisotopic (exact) mass is 263 g/mol. The van der Waals surface area contributed by atoms with Gasteiger partial charge >= 0.3 is 0 Å². The van der Waals surface area contributed by atoms with Crippen LogP contribution in [-0.4, -0.2) is 48.3 Å². The second-order valence-corrected chi connectivity index (χ2v) is 5.36. The van der Waals surface area contributed by atoms with Crippen molar-refractivity contribution in [3.8, 4) is 0 Å². The molecule has 1 saturated heterocycles. The van der Waals surface area contributed by atoms with E-state index in [-0.39, 0.29) is 5.91 Å². The molecule has 1 heterocycles. The van der Waals surface area contributed by atoms with E-state index in [1.165, 1.54) is 0 Å². The highest BCUT2D eigenvalue weighted by molar-refractivity contribution is 5.94. The standard InChI is InChI=1S/C15H21NO3/c1-12-3-5-13(6-4-12)14(17)16(2)11-15(18)7-9-19-10-8-15/h3-6,18H,7-11H2,1-2H3. The molecular formula is C15H21NO3. The van der Waals surface area contributed by atoms with Crippen LogP contribution >= 0.6 is 0 Å². The van der Waals surface area contributed by atoms with Crippen LogP contribution in [0.15, 0.2) is 24.3 Å². The first-order valence-electron chi connectivity index (χ1n) is 6.62. The Morgan fingerprint density at radius 1 is 1.32 bits per heavy atom. The molecule has 1 aliphatic heterocycles. The molecule has 1 fully saturated rings. The molecule has 0 spiro atoms. The van der Waals surface area contributed by atoms with E-state index in [2.05, 4.69) is 0 Å². The summed E-state index contributed by atoms with van der Waals surface area (Å²) in [5, 5.41) is 10.4. The first-order chi connectivity index (χ1) is 9.00. The maximum absolute atomic E-state index is 12.3. The molecule has 1 amide bonds. The number of ether oxygens (including phenoxy) is 1. The minimum Gasteiger partial charge on any atom is -0.388 e. The van der Waals surface area contributed by atoms with Gasteiger partial charge in [0.2, 0.25) is 0 Å². The quantitative estimate of drug-likeness (QED) is 0.901. The maximum atomic E-state index is 12.3. The van der Waals surface area contributed by atoms with Crippen LogP contribution < -0.4 is 0 Å². The lowest BCUT2D eigenvalue weighted by Gasteiger charge is -2.35. The summed E-state index contributed by atoms with van der Waals surface area (Å²) < 4.78 is 5.24. The first-order valence-corrected chi connectivity index (χ1v) is 6.62. The Morgan fingerprint density at radius 2 is 1.89 bits per heavy atom. The molecule has 1 aromatic rings. The molecule has 4 nitrogen and oxygen atoms in total. The van der Waals surface area contributed by atoms with Crippen LogP contribution in [-0.2, 0) is 4.74 Å². The predicted molar refractivity (Wildman–Crippen MR) is 73.1 cm³/mol. The van der Waals surface area contributed by atoms with Gasteiger partial charge in [-0.05, 0) is 19.1 Å². The van der Waals surface area contributed by atoms with Gasteiger partial charge in [0.1, 0.15) is 0 Å². The Bertz CT molecular complexity index is 435. The Balaban J connectivity index is 2.00. The van der Waals surface area contributed by atoms with E-state index in [1.54, 1.807) is 11.9 Å². The Labute approximate surface area is 114 Å². The van der Waals surface area contributed by atoms with Gasteiger partial charge in [-0.3, -0.25) is 4.79 Å². The number of likely N-dealkylation sites (N-methyl/N-ethyl adjacent to an activating group) is 1. The summed E-state index contributed by atoms with van der Waals surface area (Å²) in [6.07, 6.45) is 1.16. The van der Waals surface area contributed by atoms with Gasteiger partial charge in [-0.2, -0.15) is 0 Å². The number of nitrogens with zero attached hydrogens (tertiary/aromatic N) is 1. The Morgan fingerprint density at radius 3 is 2.47 bits per heavy atom. The van der Waals surface area contributed by atoms with Crippen LogP contribution in [0.5, 0.6) is 0 Å². The zero-order chi connectivity index (χ0) is 13.9. The number of aliphatic hydroxyl groups is 1. The van der Waals surface area contributed by atoms with Gasteiger partial charge in [-0.1, -0.05) is 17.7 Å². The molecule has 4 heteroatoms. The number of aryl methyl sites for hydroxylation is 1. The zero-order valence-corrected chi connectivity index (χ0v) is 11.6. The van der Waals surface area contributed by atoms with E-state index in [4.69, 9.17) is 4.74 Å². The van der Waals surface area contributed by atoms with Crippen LogP contribution in [0.25, 0.3) is 0 Å². The summed E-state index contributed by atoms with van der Waals surface area (Å²) in [6, 6.07) is 7.48. The molecule has 104 valence electrons. The largest absolute Gasteiger partial charge is 0.388 e. The molecule has 0 saturated carbocycles. The topological polar surface area (TPSA) is 49.8 Å². The highest BCUT2D eigenvalue weighted by Gasteiger charge is 2.32. The minimum absolute atomic E-state index is 0.0556. The number of hydrogen-bond acceptors (Lipinski definition) is 3. The second kappa shape index (κ2) is 5.72. The molecule has 0 aromatic heterocycles. The Kier molecular flexibility index (Phi) is 4.22.